The van der Waals surface area contributed by atoms with Gasteiger partial charge < -0.3 is 35.3 Å². The van der Waals surface area contributed by atoms with Crippen LogP contribution in [-0.2, 0) is 33.9 Å². The van der Waals surface area contributed by atoms with Crippen LogP contribution in [0.25, 0.3) is 17.1 Å². The normalized spacial score (nSPS) is 23.4. The highest BCUT2D eigenvalue weighted by Crippen LogP contribution is 2.51. The third kappa shape index (κ3) is 4.63. The molecule has 0 aliphatic heterocycles. The molecule has 224 valence electrons. The van der Waals surface area contributed by atoms with E-state index in [4.69, 9.17) is 14.7 Å². The maximum atomic E-state index is 13.9. The molecule has 3 aliphatic carbocycles. The first-order valence-electron chi connectivity index (χ1n) is 14.0. The van der Waals surface area contributed by atoms with Gasteiger partial charge >= 0.3 is 0 Å². The van der Waals surface area contributed by atoms with Crippen molar-refractivity contribution in [3.8, 4) is 17.1 Å². The van der Waals surface area contributed by atoms with Crippen LogP contribution in [0.2, 0.25) is 0 Å². The molecule has 6 rings (SSSR count). The number of amides is 1. The van der Waals surface area contributed by atoms with Crippen LogP contribution in [0.1, 0.15) is 34.8 Å². The zero-order valence-electron chi connectivity index (χ0n) is 23.9. The van der Waals surface area contributed by atoms with Crippen LogP contribution < -0.4 is 11.1 Å². The predicted octanol–water partition coefficient (Wildman–Crippen LogP) is 2.70. The van der Waals surface area contributed by atoms with E-state index in [0.29, 0.717) is 35.7 Å². The monoisotopic (exact) mass is 588 g/mol. The molecule has 3 aromatic rings. The highest BCUT2D eigenvalue weighted by Gasteiger charge is 2.55. The number of aryl methyl sites for hydroxylation is 1. The number of benzene rings is 1. The number of phenols is 1. The Morgan fingerprint density at radius 2 is 1.88 bits per heavy atom. The van der Waals surface area contributed by atoms with Crippen molar-refractivity contribution in [2.24, 2.45) is 23.5 Å². The topological polar surface area (TPSA) is 192 Å². The summed E-state index contributed by atoms with van der Waals surface area (Å²) >= 11 is 0. The van der Waals surface area contributed by atoms with Crippen molar-refractivity contribution < 1.29 is 38.6 Å². The number of phenolic OH excluding ortho intramolecular Hbond substituents is 1. The van der Waals surface area contributed by atoms with Crippen molar-refractivity contribution in [2.75, 3.05) is 14.1 Å². The molecule has 3 aliphatic rings. The second-order valence-corrected chi connectivity index (χ2v) is 11.6. The van der Waals surface area contributed by atoms with E-state index in [1.807, 2.05) is 19.1 Å². The predicted molar refractivity (Wildman–Crippen MR) is 152 cm³/mol. The number of nitrogens with two attached hydrogens (primary N) is 1. The fourth-order valence-corrected chi connectivity index (χ4v) is 6.93. The molecular formula is C31H32N4O8. The lowest BCUT2D eigenvalue weighted by Crippen LogP contribution is -2.55. The number of ketones is 2. The first-order chi connectivity index (χ1) is 20.5. The van der Waals surface area contributed by atoms with E-state index in [1.54, 1.807) is 31.1 Å². The SMILES string of the molecule is Cc1cc(CNCc2ccc(-c3ccc(O)c4c3CC3CC5C(C(=O)C(C(N)=O)=C(O)[C@H]5N(C)C)C(=O)C3=C4O)o2)no1. The number of primary amides is 1. The number of hydrogen-bond acceptors (Lipinski definition) is 11. The second-order valence-electron chi connectivity index (χ2n) is 11.6. The van der Waals surface area contributed by atoms with Crippen LogP contribution in [0, 0.1) is 24.7 Å². The van der Waals surface area contributed by atoms with Crippen LogP contribution in [0.3, 0.4) is 0 Å². The van der Waals surface area contributed by atoms with Crippen molar-refractivity contribution in [3.63, 3.8) is 0 Å². The average Bonchev–Trinajstić information content (AvgIpc) is 3.57. The van der Waals surface area contributed by atoms with Gasteiger partial charge in [0.1, 0.15) is 40.1 Å². The number of likely N-dealkylation sites (N-methyl/N-ethyl adjacent to an activating group) is 1. The number of rotatable bonds is 7. The molecule has 0 bridgehead atoms. The number of aliphatic hydroxyl groups excluding tert-OH is 2. The van der Waals surface area contributed by atoms with Gasteiger partial charge in [0.15, 0.2) is 11.6 Å². The lowest BCUT2D eigenvalue weighted by molar-refractivity contribution is -0.136. The number of hydrogen-bond donors (Lipinski definition) is 5. The summed E-state index contributed by atoms with van der Waals surface area (Å²) in [6.45, 7) is 2.73. The molecule has 43 heavy (non-hydrogen) atoms. The maximum absolute atomic E-state index is 13.9. The van der Waals surface area contributed by atoms with Gasteiger partial charge in [0, 0.05) is 23.7 Å². The van der Waals surface area contributed by atoms with E-state index in [-0.39, 0.29) is 29.7 Å². The van der Waals surface area contributed by atoms with Crippen LogP contribution in [-0.4, -0.2) is 63.0 Å². The molecule has 1 amide bonds. The van der Waals surface area contributed by atoms with Crippen LogP contribution in [0.5, 0.6) is 5.75 Å². The van der Waals surface area contributed by atoms with Gasteiger partial charge in [0.05, 0.1) is 29.8 Å². The number of furan rings is 1. The molecule has 0 spiro atoms. The molecule has 1 saturated carbocycles. The van der Waals surface area contributed by atoms with Crippen LogP contribution in [0.4, 0.5) is 0 Å². The summed E-state index contributed by atoms with van der Waals surface area (Å²) in [5.41, 5.74) is 6.99. The number of aromatic hydroxyl groups is 1. The van der Waals surface area contributed by atoms with Crippen molar-refractivity contribution in [3.05, 3.63) is 75.6 Å². The smallest absolute Gasteiger partial charge is 0.255 e. The van der Waals surface area contributed by atoms with E-state index in [2.05, 4.69) is 10.5 Å². The second kappa shape index (κ2) is 10.5. The van der Waals surface area contributed by atoms with Gasteiger partial charge in [0.25, 0.3) is 5.91 Å². The number of carbonyl (C=O) groups excluding carboxylic acids is 3. The fourth-order valence-electron chi connectivity index (χ4n) is 6.93. The number of aliphatic hydroxyl groups is 2. The maximum Gasteiger partial charge on any atom is 0.255 e. The van der Waals surface area contributed by atoms with Crippen LogP contribution in [0.15, 0.2) is 56.2 Å². The molecule has 2 aromatic heterocycles. The molecular weight excluding hydrogens is 556 g/mol. The van der Waals surface area contributed by atoms with E-state index in [1.165, 1.54) is 6.07 Å². The molecule has 0 radical (unpaired) electrons. The summed E-state index contributed by atoms with van der Waals surface area (Å²) in [4.78, 5) is 41.0. The molecule has 1 aromatic carbocycles. The molecule has 1 fully saturated rings. The summed E-state index contributed by atoms with van der Waals surface area (Å²) in [5.74, 6) is -4.23. The Balaban J connectivity index is 1.34. The van der Waals surface area contributed by atoms with Crippen molar-refractivity contribution in [2.45, 2.75) is 38.9 Å². The summed E-state index contributed by atoms with van der Waals surface area (Å²) in [6, 6.07) is 7.80. The Kier molecular flexibility index (Phi) is 6.98. The number of allylic oxidation sites excluding steroid dienone is 1. The lowest BCUT2D eigenvalue weighted by Gasteiger charge is -2.46. The van der Waals surface area contributed by atoms with Crippen LogP contribution >= 0.6 is 0 Å². The first kappa shape index (κ1) is 28.4. The molecule has 12 nitrogen and oxygen atoms in total. The third-order valence-corrected chi connectivity index (χ3v) is 8.66. The molecule has 4 atom stereocenters. The minimum atomic E-state index is -1.30. The Labute approximate surface area is 246 Å². The van der Waals surface area contributed by atoms with E-state index >= 15 is 0 Å². The minimum Gasteiger partial charge on any atom is -0.510 e. The quantitative estimate of drug-likeness (QED) is 0.201. The minimum absolute atomic E-state index is 0.0321. The van der Waals surface area contributed by atoms with E-state index in [0.717, 1.165) is 11.5 Å². The molecule has 3 unspecified atom stereocenters. The highest BCUT2D eigenvalue weighted by molar-refractivity contribution is 6.28. The van der Waals surface area contributed by atoms with E-state index < -0.39 is 58.4 Å². The van der Waals surface area contributed by atoms with Gasteiger partial charge in [-0.05, 0) is 75.5 Å². The highest BCUT2D eigenvalue weighted by atomic mass is 16.5. The Morgan fingerprint density at radius 3 is 2.56 bits per heavy atom. The fraction of sp³-hybridized carbons (Fsp3) is 0.355. The number of aromatic nitrogens is 1. The standard InChI is InChI=1S/C31H32N4O8/c1-13-8-15(34-43-13)11-33-12-16-4-7-21(42-16)17-5-6-20(36)23-18(17)9-14-10-19-24(28(38)22(14)27(23)37)29(39)25(31(32)41)30(40)26(19)35(2)3/h4-8,14,19,24,26,33,36-37,40H,9-12H2,1-3H3,(H2,32,41)/t14?,19?,24?,26-/m0/s1. The summed E-state index contributed by atoms with van der Waals surface area (Å²) in [5, 5.41) is 40.4. The summed E-state index contributed by atoms with van der Waals surface area (Å²) in [6.07, 6.45) is 0.540. The Bertz CT molecular complexity index is 1730. The molecule has 12 heteroatoms. The number of carbonyl (C=O) groups is 3. The van der Waals surface area contributed by atoms with Gasteiger partial charge in [-0.1, -0.05) is 5.16 Å². The van der Waals surface area contributed by atoms with E-state index in [9.17, 15) is 29.7 Å². The number of nitrogens with one attached hydrogen (secondary N) is 1. The Hall–Kier alpha value is -4.68. The average molecular weight is 589 g/mol. The van der Waals surface area contributed by atoms with Crippen molar-refractivity contribution in [1.29, 1.82) is 0 Å². The van der Waals surface area contributed by atoms with Crippen molar-refractivity contribution in [1.82, 2.24) is 15.4 Å². The number of Topliss-reactive ketones (excluding diaryl/α,β-unsaturated/α-hetero) is 2. The largest absolute Gasteiger partial charge is 0.510 e. The molecule has 0 saturated heterocycles. The molecule has 6 N–H and O–H groups in total. The van der Waals surface area contributed by atoms with Gasteiger partial charge in [-0.15, -0.1) is 0 Å². The van der Waals surface area contributed by atoms with Crippen molar-refractivity contribution >= 4 is 23.2 Å². The molecule has 2 heterocycles. The van der Waals surface area contributed by atoms with Gasteiger partial charge in [-0.2, -0.15) is 0 Å². The third-order valence-electron chi connectivity index (χ3n) is 8.66. The zero-order valence-corrected chi connectivity index (χ0v) is 23.9. The van der Waals surface area contributed by atoms with Gasteiger partial charge in [-0.25, -0.2) is 0 Å². The summed E-state index contributed by atoms with van der Waals surface area (Å²) in [7, 11) is 3.37. The zero-order chi connectivity index (χ0) is 30.7. The number of nitrogens with zero attached hydrogens (tertiary/aromatic N) is 2. The van der Waals surface area contributed by atoms with Gasteiger partial charge in [-0.3, -0.25) is 19.3 Å². The Morgan fingerprint density at radius 1 is 1.12 bits per heavy atom. The summed E-state index contributed by atoms with van der Waals surface area (Å²) < 4.78 is 11.2. The first-order valence-corrected chi connectivity index (χ1v) is 14.0. The lowest BCUT2D eigenvalue weighted by atomic mass is 9.59. The van der Waals surface area contributed by atoms with Gasteiger partial charge in [0.2, 0.25) is 0 Å². The number of fused-ring (bicyclic) bond motifs is 3.